The third-order valence-corrected chi connectivity index (χ3v) is 3.08. The lowest BCUT2D eigenvalue weighted by Crippen LogP contribution is -2.36. The first kappa shape index (κ1) is 10.5. The highest BCUT2D eigenvalue weighted by Crippen LogP contribution is 2.36. The fourth-order valence-corrected chi connectivity index (χ4v) is 2.25. The molecule has 0 unspecified atom stereocenters. The topological polar surface area (TPSA) is 55.8 Å². The molecule has 0 radical (unpaired) electrons. The maximum absolute atomic E-state index is 11.1. The molecule has 2 aliphatic rings. The second-order valence-corrected chi connectivity index (χ2v) is 4.18. The number of fused-ring (bicyclic) bond motifs is 1. The standard InChI is InChI=1S/C13H12O4/c14-10-7-6-9-13(17-10)11(15)12(16-9)8-4-2-1-3-5-8/h1-7,9,11-13,15H/t9-,11+,12-,13-/m0/s1. The summed E-state index contributed by atoms with van der Waals surface area (Å²) in [6, 6.07) is 9.44. The molecule has 1 saturated heterocycles. The number of benzene rings is 1. The maximum atomic E-state index is 11.1. The molecule has 1 aromatic rings. The monoisotopic (exact) mass is 232 g/mol. The molecule has 0 saturated carbocycles. The van der Waals surface area contributed by atoms with Gasteiger partial charge in [0.25, 0.3) is 0 Å². The van der Waals surface area contributed by atoms with Crippen LogP contribution in [-0.2, 0) is 14.3 Å². The van der Waals surface area contributed by atoms with Crippen molar-refractivity contribution in [3.05, 3.63) is 48.0 Å². The van der Waals surface area contributed by atoms with Crippen LogP contribution in [0.1, 0.15) is 11.7 Å². The molecular formula is C13H12O4. The quantitative estimate of drug-likeness (QED) is 0.733. The number of rotatable bonds is 1. The predicted molar refractivity (Wildman–Crippen MR) is 59.1 cm³/mol. The normalized spacial score (nSPS) is 35.5. The summed E-state index contributed by atoms with van der Waals surface area (Å²) in [6.45, 7) is 0. The summed E-state index contributed by atoms with van der Waals surface area (Å²) in [6.07, 6.45) is 0.757. The third kappa shape index (κ3) is 1.75. The molecule has 0 amide bonds. The molecule has 3 rings (SSSR count). The van der Waals surface area contributed by atoms with Crippen LogP contribution in [0, 0.1) is 0 Å². The van der Waals surface area contributed by atoms with E-state index in [9.17, 15) is 9.90 Å². The number of carbonyl (C=O) groups excluding carboxylic acids is 1. The van der Waals surface area contributed by atoms with Crippen molar-refractivity contribution in [2.24, 2.45) is 0 Å². The molecule has 2 aliphatic heterocycles. The Hall–Kier alpha value is -1.65. The van der Waals surface area contributed by atoms with Crippen molar-refractivity contribution in [1.82, 2.24) is 0 Å². The van der Waals surface area contributed by atoms with Gasteiger partial charge in [-0.1, -0.05) is 30.3 Å². The van der Waals surface area contributed by atoms with Crippen LogP contribution in [0.5, 0.6) is 0 Å². The van der Waals surface area contributed by atoms with Crippen LogP contribution in [-0.4, -0.2) is 29.4 Å². The third-order valence-electron chi connectivity index (χ3n) is 3.08. The summed E-state index contributed by atoms with van der Waals surface area (Å²) < 4.78 is 10.8. The number of esters is 1. The first-order valence-corrected chi connectivity index (χ1v) is 5.53. The molecule has 4 nitrogen and oxygen atoms in total. The second-order valence-electron chi connectivity index (χ2n) is 4.18. The summed E-state index contributed by atoms with van der Waals surface area (Å²) in [4.78, 5) is 11.1. The number of hydrogen-bond acceptors (Lipinski definition) is 4. The van der Waals surface area contributed by atoms with E-state index in [1.165, 1.54) is 6.08 Å². The van der Waals surface area contributed by atoms with Gasteiger partial charge in [-0.25, -0.2) is 4.79 Å². The highest BCUT2D eigenvalue weighted by Gasteiger charge is 2.46. The molecule has 4 heteroatoms. The fraction of sp³-hybridized carbons (Fsp3) is 0.308. The average Bonchev–Trinajstić information content (AvgIpc) is 2.68. The largest absolute Gasteiger partial charge is 0.453 e. The molecule has 0 aromatic heterocycles. The Morgan fingerprint density at radius 1 is 1.18 bits per heavy atom. The molecule has 2 heterocycles. The van der Waals surface area contributed by atoms with Crippen molar-refractivity contribution in [1.29, 1.82) is 0 Å². The zero-order chi connectivity index (χ0) is 11.8. The second kappa shape index (κ2) is 3.98. The lowest BCUT2D eigenvalue weighted by Gasteiger charge is -2.20. The molecule has 0 aliphatic carbocycles. The molecular weight excluding hydrogens is 220 g/mol. The zero-order valence-corrected chi connectivity index (χ0v) is 9.02. The van der Waals surface area contributed by atoms with Gasteiger partial charge < -0.3 is 14.6 Å². The summed E-state index contributed by atoms with van der Waals surface area (Å²) in [5.74, 6) is -0.428. The van der Waals surface area contributed by atoms with E-state index in [0.717, 1.165) is 5.56 Å². The highest BCUT2D eigenvalue weighted by molar-refractivity contribution is 5.83. The number of aliphatic hydroxyl groups excluding tert-OH is 1. The van der Waals surface area contributed by atoms with E-state index in [1.807, 2.05) is 30.3 Å². The minimum Gasteiger partial charge on any atom is -0.453 e. The van der Waals surface area contributed by atoms with Crippen LogP contribution in [0.15, 0.2) is 42.5 Å². The molecule has 0 spiro atoms. The van der Waals surface area contributed by atoms with E-state index in [2.05, 4.69) is 0 Å². The smallest absolute Gasteiger partial charge is 0.330 e. The lowest BCUT2D eigenvalue weighted by molar-refractivity contribution is -0.150. The molecule has 1 aromatic carbocycles. The van der Waals surface area contributed by atoms with Gasteiger partial charge >= 0.3 is 5.97 Å². The molecule has 1 fully saturated rings. The fourth-order valence-electron chi connectivity index (χ4n) is 2.25. The van der Waals surface area contributed by atoms with E-state index < -0.39 is 24.3 Å². The number of ether oxygens (including phenoxy) is 2. The predicted octanol–water partition coefficient (Wildman–Crippen LogP) is 0.969. The summed E-state index contributed by atoms with van der Waals surface area (Å²) >= 11 is 0. The van der Waals surface area contributed by atoms with E-state index in [1.54, 1.807) is 6.08 Å². The minimum atomic E-state index is -0.823. The Bertz CT molecular complexity index is 454. The van der Waals surface area contributed by atoms with E-state index in [0.29, 0.717) is 0 Å². The van der Waals surface area contributed by atoms with Crippen LogP contribution in [0.2, 0.25) is 0 Å². The van der Waals surface area contributed by atoms with Gasteiger partial charge in [0.1, 0.15) is 18.3 Å². The van der Waals surface area contributed by atoms with Gasteiger partial charge in [-0.2, -0.15) is 0 Å². The van der Waals surface area contributed by atoms with Gasteiger partial charge in [-0.05, 0) is 11.6 Å². The van der Waals surface area contributed by atoms with Crippen molar-refractivity contribution >= 4 is 5.97 Å². The lowest BCUT2D eigenvalue weighted by atomic mass is 10.0. The van der Waals surface area contributed by atoms with E-state index in [4.69, 9.17) is 9.47 Å². The van der Waals surface area contributed by atoms with E-state index >= 15 is 0 Å². The van der Waals surface area contributed by atoms with Gasteiger partial charge in [0, 0.05) is 6.08 Å². The highest BCUT2D eigenvalue weighted by atomic mass is 16.6. The van der Waals surface area contributed by atoms with Crippen LogP contribution in [0.3, 0.4) is 0 Å². The number of hydrogen-bond donors (Lipinski definition) is 1. The SMILES string of the molecule is O=C1C=C[C@@H]2O[C@@H](c3ccccc3)[C@@H](O)[C@H]2O1. The van der Waals surface area contributed by atoms with Crippen molar-refractivity contribution in [2.45, 2.75) is 24.4 Å². The van der Waals surface area contributed by atoms with Crippen molar-refractivity contribution in [3.63, 3.8) is 0 Å². The number of aliphatic hydroxyl groups is 1. The van der Waals surface area contributed by atoms with Crippen LogP contribution in [0.4, 0.5) is 0 Å². The van der Waals surface area contributed by atoms with Crippen molar-refractivity contribution < 1.29 is 19.4 Å². The Morgan fingerprint density at radius 3 is 2.71 bits per heavy atom. The van der Waals surface area contributed by atoms with Crippen molar-refractivity contribution in [3.8, 4) is 0 Å². The Morgan fingerprint density at radius 2 is 1.94 bits per heavy atom. The Balaban J connectivity index is 1.87. The van der Waals surface area contributed by atoms with Crippen LogP contribution < -0.4 is 0 Å². The van der Waals surface area contributed by atoms with Gasteiger partial charge in [0.15, 0.2) is 6.10 Å². The summed E-state index contributed by atoms with van der Waals surface area (Å²) in [5.41, 5.74) is 0.888. The number of carbonyl (C=O) groups is 1. The first-order chi connectivity index (χ1) is 8.25. The van der Waals surface area contributed by atoms with Gasteiger partial charge in [-0.3, -0.25) is 0 Å². The maximum Gasteiger partial charge on any atom is 0.330 e. The molecule has 0 bridgehead atoms. The molecule has 17 heavy (non-hydrogen) atoms. The Kier molecular flexibility index (Phi) is 2.46. The molecule has 88 valence electrons. The minimum absolute atomic E-state index is 0.354. The van der Waals surface area contributed by atoms with E-state index in [-0.39, 0.29) is 6.10 Å². The summed E-state index contributed by atoms with van der Waals surface area (Å²) in [5, 5.41) is 10.1. The van der Waals surface area contributed by atoms with Crippen LogP contribution in [0.25, 0.3) is 0 Å². The Labute approximate surface area is 98.5 Å². The van der Waals surface area contributed by atoms with Crippen molar-refractivity contribution in [2.75, 3.05) is 0 Å². The van der Waals surface area contributed by atoms with Crippen LogP contribution >= 0.6 is 0 Å². The van der Waals surface area contributed by atoms with Gasteiger partial charge in [0.2, 0.25) is 0 Å². The molecule has 4 atom stereocenters. The zero-order valence-electron chi connectivity index (χ0n) is 9.02. The average molecular weight is 232 g/mol. The summed E-state index contributed by atoms with van der Waals surface area (Å²) in [7, 11) is 0. The van der Waals surface area contributed by atoms with Gasteiger partial charge in [0.05, 0.1) is 0 Å². The first-order valence-electron chi connectivity index (χ1n) is 5.53. The molecule has 1 N–H and O–H groups in total. The van der Waals surface area contributed by atoms with Gasteiger partial charge in [-0.15, -0.1) is 0 Å².